The molecule has 7 heteroatoms. The fraction of sp³-hybridized carbons (Fsp3) is 0.391. The highest BCUT2D eigenvalue weighted by Crippen LogP contribution is 2.39. The van der Waals surface area contributed by atoms with Gasteiger partial charge in [-0.2, -0.15) is 0 Å². The van der Waals surface area contributed by atoms with Crippen LogP contribution in [-0.4, -0.2) is 29.8 Å². The number of carbonyl (C=O) groups is 2. The molecule has 30 heavy (non-hydrogen) atoms. The number of amides is 2. The predicted octanol–water partition coefficient (Wildman–Crippen LogP) is 4.10. The van der Waals surface area contributed by atoms with Gasteiger partial charge in [0.1, 0.15) is 16.3 Å². The quantitative estimate of drug-likeness (QED) is 0.596. The Morgan fingerprint density at radius 1 is 1.30 bits per heavy atom. The van der Waals surface area contributed by atoms with Crippen molar-refractivity contribution in [3.05, 3.63) is 51.6 Å². The number of benzene rings is 1. The minimum Gasteiger partial charge on any atom is -0.461 e. The number of likely N-dealkylation sites (N-methyl/N-ethyl adjacent to an activating group) is 1. The number of para-hydroxylation sites is 1. The zero-order chi connectivity index (χ0) is 21.4. The summed E-state index contributed by atoms with van der Waals surface area (Å²) in [4.78, 5) is 28.1. The summed E-state index contributed by atoms with van der Waals surface area (Å²) >= 11 is 1.48. The van der Waals surface area contributed by atoms with E-state index in [1.807, 2.05) is 37.1 Å². The van der Waals surface area contributed by atoms with E-state index in [0.29, 0.717) is 17.1 Å². The molecule has 6 nitrogen and oxygen atoms in total. The number of primary amides is 1. The summed E-state index contributed by atoms with van der Waals surface area (Å²) in [6, 6.07) is 7.59. The monoisotopic (exact) mass is 425 g/mol. The van der Waals surface area contributed by atoms with Gasteiger partial charge in [-0.05, 0) is 44.9 Å². The maximum absolute atomic E-state index is 13.0. The van der Waals surface area contributed by atoms with Crippen LogP contribution >= 0.6 is 11.3 Å². The molecule has 0 bridgehead atoms. The van der Waals surface area contributed by atoms with Crippen molar-refractivity contribution in [1.29, 1.82) is 0 Å². The molecule has 0 saturated carbocycles. The van der Waals surface area contributed by atoms with Crippen molar-refractivity contribution in [3.8, 4) is 0 Å². The molecular formula is C23H27N3O3S. The van der Waals surface area contributed by atoms with Gasteiger partial charge in [0.05, 0.1) is 11.6 Å². The van der Waals surface area contributed by atoms with Gasteiger partial charge in [-0.3, -0.25) is 14.5 Å². The Labute approximate surface area is 180 Å². The molecule has 0 fully saturated rings. The lowest BCUT2D eigenvalue weighted by atomic mass is 10.1. The Hall–Kier alpha value is -2.64. The van der Waals surface area contributed by atoms with E-state index in [-0.39, 0.29) is 11.9 Å². The summed E-state index contributed by atoms with van der Waals surface area (Å²) in [7, 11) is 1.93. The molecule has 0 spiro atoms. The van der Waals surface area contributed by atoms with Crippen LogP contribution in [0.4, 0.5) is 5.00 Å². The van der Waals surface area contributed by atoms with Crippen molar-refractivity contribution in [1.82, 2.24) is 4.90 Å². The molecule has 1 atom stereocenters. The first-order valence-electron chi connectivity index (χ1n) is 10.3. The second-order valence-corrected chi connectivity index (χ2v) is 8.96. The van der Waals surface area contributed by atoms with E-state index in [1.165, 1.54) is 11.3 Å². The van der Waals surface area contributed by atoms with E-state index in [0.717, 1.165) is 58.4 Å². The average Bonchev–Trinajstić information content (AvgIpc) is 3.39. The van der Waals surface area contributed by atoms with Gasteiger partial charge in [0.25, 0.3) is 5.91 Å². The third-order valence-corrected chi connectivity index (χ3v) is 7.16. The third-order valence-electron chi connectivity index (χ3n) is 5.96. The number of nitrogens with zero attached hydrogens (tertiary/aromatic N) is 1. The first kappa shape index (κ1) is 20.6. The van der Waals surface area contributed by atoms with Crippen LogP contribution in [0.15, 0.2) is 28.7 Å². The molecule has 2 aromatic heterocycles. The number of hydrogen-bond donors (Lipinski definition) is 2. The van der Waals surface area contributed by atoms with E-state index < -0.39 is 5.91 Å². The van der Waals surface area contributed by atoms with Crippen molar-refractivity contribution in [3.63, 3.8) is 0 Å². The molecule has 1 aromatic carbocycles. The zero-order valence-corrected chi connectivity index (χ0v) is 18.4. The van der Waals surface area contributed by atoms with E-state index in [1.54, 1.807) is 0 Å². The van der Waals surface area contributed by atoms with Crippen LogP contribution in [0, 0.1) is 0 Å². The maximum Gasteiger partial charge on any atom is 0.251 e. The SMILES string of the molecule is CCc1oc2ccccc2c1CN(C)C(C)C(=O)Nc1sc2c(c1C(N)=O)CCC2. The van der Waals surface area contributed by atoms with E-state index >= 15 is 0 Å². The molecule has 158 valence electrons. The topological polar surface area (TPSA) is 88.6 Å². The van der Waals surface area contributed by atoms with Crippen LogP contribution in [0.2, 0.25) is 0 Å². The molecule has 1 aliphatic rings. The lowest BCUT2D eigenvalue weighted by Gasteiger charge is -2.24. The molecule has 2 amide bonds. The third kappa shape index (κ3) is 3.63. The Bertz CT molecular complexity index is 1110. The summed E-state index contributed by atoms with van der Waals surface area (Å²) in [5.74, 6) is 0.329. The Balaban J connectivity index is 1.52. The lowest BCUT2D eigenvalue weighted by Crippen LogP contribution is -2.39. The molecule has 2 heterocycles. The number of hydrogen-bond acceptors (Lipinski definition) is 5. The first-order chi connectivity index (χ1) is 14.4. The fourth-order valence-corrected chi connectivity index (χ4v) is 5.46. The van der Waals surface area contributed by atoms with Crippen LogP contribution in [0.3, 0.4) is 0 Å². The number of aryl methyl sites for hydroxylation is 2. The average molecular weight is 426 g/mol. The number of rotatable bonds is 7. The van der Waals surface area contributed by atoms with Crippen LogP contribution in [-0.2, 0) is 30.6 Å². The molecule has 1 unspecified atom stereocenters. The largest absolute Gasteiger partial charge is 0.461 e. The normalized spacial score (nSPS) is 14.3. The van der Waals surface area contributed by atoms with Gasteiger partial charge in [0.2, 0.25) is 5.91 Å². The summed E-state index contributed by atoms with van der Waals surface area (Å²) in [5.41, 5.74) is 9.10. The van der Waals surface area contributed by atoms with Crippen LogP contribution in [0.5, 0.6) is 0 Å². The summed E-state index contributed by atoms with van der Waals surface area (Å²) in [6.45, 7) is 4.53. The number of nitrogens with two attached hydrogens (primary N) is 1. The summed E-state index contributed by atoms with van der Waals surface area (Å²) in [6.07, 6.45) is 3.62. The standard InChI is InChI=1S/C23H27N3O3S/c1-4-17-16(14-8-5-6-10-18(14)29-17)12-26(3)13(2)22(28)25-23-20(21(24)27)15-9-7-11-19(15)30-23/h5-6,8,10,13H,4,7,9,11-12H2,1-3H3,(H2,24,27)(H,25,28). The van der Waals surface area contributed by atoms with Gasteiger partial charge in [-0.15, -0.1) is 11.3 Å². The molecule has 4 rings (SSSR count). The van der Waals surface area contributed by atoms with Gasteiger partial charge in [-0.1, -0.05) is 25.1 Å². The number of nitrogens with one attached hydrogen (secondary N) is 1. The van der Waals surface area contributed by atoms with E-state index in [4.69, 9.17) is 10.2 Å². The molecule has 3 aromatic rings. The van der Waals surface area contributed by atoms with Crippen molar-refractivity contribution in [2.45, 2.75) is 52.1 Å². The number of thiophene rings is 1. The summed E-state index contributed by atoms with van der Waals surface area (Å²) < 4.78 is 5.98. The Morgan fingerprint density at radius 2 is 2.07 bits per heavy atom. The molecule has 0 aliphatic heterocycles. The minimum atomic E-state index is -0.469. The zero-order valence-electron chi connectivity index (χ0n) is 17.6. The molecular weight excluding hydrogens is 398 g/mol. The van der Waals surface area contributed by atoms with Crippen molar-refractivity contribution in [2.24, 2.45) is 5.73 Å². The Kier molecular flexibility index (Phi) is 5.66. The number of fused-ring (bicyclic) bond motifs is 2. The molecule has 3 N–H and O–H groups in total. The first-order valence-corrected chi connectivity index (χ1v) is 11.2. The second-order valence-electron chi connectivity index (χ2n) is 7.86. The van der Waals surface area contributed by atoms with Gasteiger partial charge >= 0.3 is 0 Å². The van der Waals surface area contributed by atoms with Crippen LogP contribution in [0.1, 0.15) is 52.4 Å². The summed E-state index contributed by atoms with van der Waals surface area (Å²) in [5, 5.41) is 4.63. The van der Waals surface area contributed by atoms with Gasteiger partial charge in [-0.25, -0.2) is 0 Å². The van der Waals surface area contributed by atoms with Gasteiger partial charge in [0.15, 0.2) is 0 Å². The fourth-order valence-electron chi connectivity index (χ4n) is 4.16. The Morgan fingerprint density at radius 3 is 2.80 bits per heavy atom. The second kappa shape index (κ2) is 8.24. The van der Waals surface area contributed by atoms with E-state index in [2.05, 4.69) is 18.3 Å². The highest BCUT2D eigenvalue weighted by atomic mass is 32.1. The van der Waals surface area contributed by atoms with E-state index in [9.17, 15) is 9.59 Å². The smallest absolute Gasteiger partial charge is 0.251 e. The van der Waals surface area contributed by atoms with Crippen molar-refractivity contribution < 1.29 is 14.0 Å². The number of furan rings is 1. The highest BCUT2D eigenvalue weighted by molar-refractivity contribution is 7.17. The highest BCUT2D eigenvalue weighted by Gasteiger charge is 2.28. The van der Waals surface area contributed by atoms with Crippen LogP contribution < -0.4 is 11.1 Å². The lowest BCUT2D eigenvalue weighted by molar-refractivity contribution is -0.120. The molecule has 0 radical (unpaired) electrons. The number of anilines is 1. The molecule has 1 aliphatic carbocycles. The molecule has 0 saturated heterocycles. The van der Waals surface area contributed by atoms with Crippen LogP contribution in [0.25, 0.3) is 11.0 Å². The van der Waals surface area contributed by atoms with Gasteiger partial charge < -0.3 is 15.5 Å². The maximum atomic E-state index is 13.0. The van der Waals surface area contributed by atoms with Crippen molar-refractivity contribution >= 4 is 39.1 Å². The van der Waals surface area contributed by atoms with Gasteiger partial charge in [0, 0.05) is 28.8 Å². The minimum absolute atomic E-state index is 0.147. The predicted molar refractivity (Wildman–Crippen MR) is 120 cm³/mol. The number of carbonyl (C=O) groups excluding carboxylic acids is 2. The van der Waals surface area contributed by atoms with Crippen molar-refractivity contribution in [2.75, 3.05) is 12.4 Å².